The Balaban J connectivity index is 2.73. The normalized spacial score (nSPS) is 13.4. The zero-order valence-corrected chi connectivity index (χ0v) is 27.7. The van der Waals surface area contributed by atoms with E-state index in [0.29, 0.717) is 18.8 Å². The molecule has 0 bridgehead atoms. The molecule has 0 aliphatic carbocycles. The smallest absolute Gasteiger partial charge is 0.379 e. The third-order valence-electron chi connectivity index (χ3n) is 4.77. The number of hydrogen-bond acceptors (Lipinski definition) is 12. The van der Waals surface area contributed by atoms with Crippen LogP contribution in [0.5, 0.6) is 0 Å². The quantitative estimate of drug-likeness (QED) is 0.105. The Hall–Kier alpha value is -0.480. The van der Waals surface area contributed by atoms with Gasteiger partial charge in [-0.1, -0.05) is 65.1 Å². The van der Waals surface area contributed by atoms with Gasteiger partial charge in [0.05, 0.1) is 48.8 Å². The van der Waals surface area contributed by atoms with Crippen LogP contribution in [0.2, 0.25) is 0 Å². The number of thioether (sulfide) groups is 2. The van der Waals surface area contributed by atoms with Gasteiger partial charge in [-0.05, 0) is 12.5 Å². The Bertz CT molecular complexity index is 976. The summed E-state index contributed by atoms with van der Waals surface area (Å²) in [5.41, 5.74) is -1.42. The van der Waals surface area contributed by atoms with Gasteiger partial charge < -0.3 is 8.27 Å². The highest BCUT2D eigenvalue weighted by Crippen LogP contribution is 2.50. The fourth-order valence-electron chi connectivity index (χ4n) is 2.49. The van der Waals surface area contributed by atoms with Crippen LogP contribution < -0.4 is 9.22 Å². The van der Waals surface area contributed by atoms with E-state index in [-0.39, 0.29) is 41.6 Å². The Kier molecular flexibility index (Phi) is 15.6. The number of nitrogens with zero attached hydrogens (tertiary/aromatic N) is 2. The fourth-order valence-corrected chi connectivity index (χ4v) is 5.81. The number of phosphoric ester groups is 1. The lowest BCUT2D eigenvalue weighted by Gasteiger charge is -2.22. The summed E-state index contributed by atoms with van der Waals surface area (Å²) in [6.45, 7) is 11.0. The maximum absolute atomic E-state index is 13.3. The van der Waals surface area contributed by atoms with Crippen LogP contribution in [-0.4, -0.2) is 64.3 Å². The SMILES string of the molecule is COC(CCn1ccc(NI)nc1=O)COP(=O)(OCCSC(=O)C(C)(C)C)OCCSC(=O)C(C)(C)C. The van der Waals surface area contributed by atoms with E-state index < -0.39 is 30.4 Å². The van der Waals surface area contributed by atoms with Gasteiger partial charge in [-0.15, -0.1) is 0 Å². The molecular weight excluding hydrogens is 668 g/mol. The first-order chi connectivity index (χ1) is 17.6. The van der Waals surface area contributed by atoms with E-state index in [9.17, 15) is 18.9 Å². The predicted octanol–water partition coefficient (Wildman–Crippen LogP) is 5.18. The summed E-state index contributed by atoms with van der Waals surface area (Å²) in [4.78, 5) is 40.3. The summed E-state index contributed by atoms with van der Waals surface area (Å²) in [6, 6.07) is 1.67. The van der Waals surface area contributed by atoms with Crippen LogP contribution in [0.15, 0.2) is 17.1 Å². The molecule has 0 aliphatic rings. The van der Waals surface area contributed by atoms with Gasteiger partial charge in [0.2, 0.25) is 0 Å². The third kappa shape index (κ3) is 13.7. The number of hydrogen-bond donors (Lipinski definition) is 1. The second-order valence-electron chi connectivity index (χ2n) is 10.2. The lowest BCUT2D eigenvalue weighted by atomic mass is 9.99. The summed E-state index contributed by atoms with van der Waals surface area (Å²) in [5.74, 6) is 1.00. The van der Waals surface area contributed by atoms with Crippen LogP contribution in [0.1, 0.15) is 48.0 Å². The lowest BCUT2D eigenvalue weighted by molar-refractivity contribution is -0.118. The largest absolute Gasteiger partial charge is 0.474 e. The summed E-state index contributed by atoms with van der Waals surface area (Å²) < 4.78 is 39.5. The van der Waals surface area contributed by atoms with E-state index in [2.05, 4.69) is 8.51 Å². The van der Waals surface area contributed by atoms with Crippen molar-refractivity contribution in [2.75, 3.05) is 42.0 Å². The van der Waals surface area contributed by atoms with E-state index in [0.717, 1.165) is 23.5 Å². The number of ether oxygens (including phenoxy) is 1. The van der Waals surface area contributed by atoms with Crippen molar-refractivity contribution in [3.8, 4) is 0 Å². The topological polar surface area (TPSA) is 135 Å². The molecule has 1 unspecified atom stereocenters. The molecule has 0 radical (unpaired) electrons. The second-order valence-corrected chi connectivity index (χ2v) is 14.6. The Morgan fingerprint density at radius 2 is 1.58 bits per heavy atom. The molecule has 15 heteroatoms. The summed E-state index contributed by atoms with van der Waals surface area (Å²) in [5, 5.41) is -0.0253. The number of aryl methyl sites for hydroxylation is 1. The van der Waals surface area contributed by atoms with Crippen molar-refractivity contribution in [3.05, 3.63) is 22.7 Å². The van der Waals surface area contributed by atoms with Crippen molar-refractivity contribution >= 4 is 70.3 Å². The number of rotatable bonds is 16. The van der Waals surface area contributed by atoms with Gasteiger partial charge in [0.15, 0.2) is 10.2 Å². The summed E-state index contributed by atoms with van der Waals surface area (Å²) in [6.07, 6.45) is 1.48. The Morgan fingerprint density at radius 3 is 2.00 bits per heavy atom. The molecule has 1 aromatic rings. The average molecular weight is 708 g/mol. The molecule has 1 N–H and O–H groups in total. The number of aromatic nitrogens is 2. The molecule has 0 spiro atoms. The monoisotopic (exact) mass is 707 g/mol. The first-order valence-electron chi connectivity index (χ1n) is 12.0. The maximum atomic E-state index is 13.3. The number of nitrogens with one attached hydrogen (secondary N) is 1. The van der Waals surface area contributed by atoms with Crippen molar-refractivity contribution in [2.45, 2.75) is 60.6 Å². The number of phosphoric acid groups is 1. The van der Waals surface area contributed by atoms with E-state index in [1.165, 1.54) is 11.7 Å². The van der Waals surface area contributed by atoms with Crippen molar-refractivity contribution in [2.24, 2.45) is 10.8 Å². The van der Waals surface area contributed by atoms with Gasteiger partial charge in [0.25, 0.3) is 0 Å². The van der Waals surface area contributed by atoms with Crippen molar-refractivity contribution in [1.29, 1.82) is 0 Å². The number of halogens is 1. The lowest BCUT2D eigenvalue weighted by Crippen LogP contribution is -2.27. The van der Waals surface area contributed by atoms with Crippen LogP contribution in [0, 0.1) is 10.8 Å². The minimum Gasteiger partial charge on any atom is -0.379 e. The van der Waals surface area contributed by atoms with E-state index in [1.807, 2.05) is 64.4 Å². The second kappa shape index (κ2) is 16.7. The molecule has 1 atom stereocenters. The number of methoxy groups -OCH3 is 1. The van der Waals surface area contributed by atoms with Crippen LogP contribution in [-0.2, 0) is 39.0 Å². The van der Waals surface area contributed by atoms with E-state index in [1.54, 1.807) is 12.3 Å². The van der Waals surface area contributed by atoms with Crippen LogP contribution >= 0.6 is 54.2 Å². The molecule has 0 saturated heterocycles. The number of anilines is 1. The van der Waals surface area contributed by atoms with E-state index >= 15 is 0 Å². The Morgan fingerprint density at radius 1 is 1.05 bits per heavy atom. The van der Waals surface area contributed by atoms with Crippen LogP contribution in [0.25, 0.3) is 0 Å². The van der Waals surface area contributed by atoms with E-state index in [4.69, 9.17) is 18.3 Å². The van der Waals surface area contributed by atoms with Crippen molar-refractivity contribution in [1.82, 2.24) is 9.55 Å². The zero-order valence-electron chi connectivity index (χ0n) is 23.0. The summed E-state index contributed by atoms with van der Waals surface area (Å²) in [7, 11) is -2.54. The van der Waals surface area contributed by atoms with Crippen LogP contribution in [0.4, 0.5) is 5.82 Å². The first-order valence-corrected chi connectivity index (χ1v) is 16.5. The predicted molar refractivity (Wildman–Crippen MR) is 161 cm³/mol. The molecule has 1 rings (SSSR count). The van der Waals surface area contributed by atoms with Gasteiger partial charge >= 0.3 is 13.5 Å². The van der Waals surface area contributed by atoms with Gasteiger partial charge in [-0.25, -0.2) is 9.36 Å². The first kappa shape index (κ1) is 35.5. The van der Waals surface area contributed by atoms with Gasteiger partial charge in [-0.2, -0.15) is 4.98 Å². The van der Waals surface area contributed by atoms with Gasteiger partial charge in [-0.3, -0.25) is 27.7 Å². The highest BCUT2D eigenvalue weighted by molar-refractivity contribution is 14.1. The van der Waals surface area contributed by atoms with Crippen molar-refractivity contribution < 1.29 is 32.5 Å². The number of carbonyl (C=O) groups excluding carboxylic acids is 2. The standard InChI is InChI=1S/C23H39IN3O8PS2/c1-22(2,3)19(28)37-14-12-33-36(31,34-13-15-38-20(29)23(4,5)6)35-16-17(32-7)8-10-27-11-9-18(26-24)25-21(27)30/h9,11,17H,8,10,12-16H2,1-7H3,(H,25,26,30). The molecule has 0 aliphatic heterocycles. The fraction of sp³-hybridized carbons (Fsp3) is 0.739. The summed E-state index contributed by atoms with van der Waals surface area (Å²) >= 11 is 4.06. The molecule has 0 aromatic carbocycles. The molecular formula is C23H39IN3O8PS2. The highest BCUT2D eigenvalue weighted by Gasteiger charge is 2.30. The van der Waals surface area contributed by atoms with Crippen molar-refractivity contribution in [3.63, 3.8) is 0 Å². The number of carbonyl (C=O) groups is 2. The molecule has 1 heterocycles. The third-order valence-corrected chi connectivity index (χ3v) is 9.28. The minimum atomic E-state index is -4.02. The van der Waals surface area contributed by atoms with Gasteiger partial charge in [0.1, 0.15) is 5.82 Å². The van der Waals surface area contributed by atoms with Gasteiger partial charge in [0, 0.05) is 42.2 Å². The molecule has 1 aromatic heterocycles. The molecule has 0 amide bonds. The average Bonchev–Trinajstić information content (AvgIpc) is 2.83. The maximum Gasteiger partial charge on any atom is 0.474 e. The minimum absolute atomic E-state index is 0.0126. The van der Waals surface area contributed by atoms with Crippen LogP contribution in [0.3, 0.4) is 0 Å². The highest BCUT2D eigenvalue weighted by atomic mass is 127. The molecule has 218 valence electrons. The molecule has 38 heavy (non-hydrogen) atoms. The Labute approximate surface area is 247 Å². The zero-order chi connectivity index (χ0) is 29.0. The molecule has 0 saturated carbocycles. The molecule has 0 fully saturated rings. The molecule has 11 nitrogen and oxygen atoms in total.